The third-order valence-corrected chi connectivity index (χ3v) is 4.81. The van der Waals surface area contributed by atoms with Gasteiger partial charge >= 0.3 is 0 Å². The van der Waals surface area contributed by atoms with E-state index in [1.807, 2.05) is 36.4 Å². The fraction of sp³-hybridized carbons (Fsp3) is 0.0625. The molecule has 2 aromatic carbocycles. The van der Waals surface area contributed by atoms with Gasteiger partial charge in [0.25, 0.3) is 0 Å². The maximum Gasteiger partial charge on any atom is 0.210 e. The lowest BCUT2D eigenvalue weighted by molar-refractivity contribution is 0.215. The molecule has 2 N–H and O–H groups in total. The van der Waals surface area contributed by atoms with Gasteiger partial charge in [-0.1, -0.05) is 52.3 Å². The van der Waals surface area contributed by atoms with Crippen LogP contribution < -0.4 is 5.48 Å². The van der Waals surface area contributed by atoms with Crippen LogP contribution in [0, 0.1) is 0 Å². The number of halogens is 1. The molecule has 0 bridgehead atoms. The summed E-state index contributed by atoms with van der Waals surface area (Å²) in [5.41, 5.74) is 4.02. The van der Waals surface area contributed by atoms with Crippen LogP contribution in [0.4, 0.5) is 0 Å². The van der Waals surface area contributed by atoms with Gasteiger partial charge in [-0.15, -0.1) is 0 Å². The lowest BCUT2D eigenvalue weighted by Gasteiger charge is -2.09. The number of fused-ring (bicyclic) bond motifs is 1. The minimum atomic E-state index is -1.87. The number of rotatable bonds is 5. The SMILES string of the molecule is O=S(ONCc1ccccc1)c1cc(Br)c2cccnc2c1O. The highest BCUT2D eigenvalue weighted by molar-refractivity contribution is 9.10. The highest BCUT2D eigenvalue weighted by Gasteiger charge is 2.17. The van der Waals surface area contributed by atoms with Crippen molar-refractivity contribution in [2.75, 3.05) is 0 Å². The number of hydrogen-bond donors (Lipinski definition) is 2. The quantitative estimate of drug-likeness (QED) is 0.650. The predicted molar refractivity (Wildman–Crippen MR) is 91.9 cm³/mol. The highest BCUT2D eigenvalue weighted by Crippen LogP contribution is 2.34. The van der Waals surface area contributed by atoms with Gasteiger partial charge in [0.05, 0.1) is 0 Å². The molecule has 0 fully saturated rings. The maximum absolute atomic E-state index is 12.3. The first-order valence-corrected chi connectivity index (χ1v) is 8.65. The smallest absolute Gasteiger partial charge is 0.210 e. The second-order valence-corrected chi connectivity index (χ2v) is 6.66. The highest BCUT2D eigenvalue weighted by atomic mass is 79.9. The van der Waals surface area contributed by atoms with Crippen LogP contribution in [0.2, 0.25) is 0 Å². The molecule has 0 aliphatic heterocycles. The van der Waals surface area contributed by atoms with E-state index in [0.29, 0.717) is 16.5 Å². The fourth-order valence-electron chi connectivity index (χ4n) is 2.10. The van der Waals surface area contributed by atoms with E-state index >= 15 is 0 Å². The van der Waals surface area contributed by atoms with Gasteiger partial charge in [-0.25, -0.2) is 4.21 Å². The Morgan fingerprint density at radius 2 is 2.00 bits per heavy atom. The molecule has 3 rings (SSSR count). The third-order valence-electron chi connectivity index (χ3n) is 3.21. The first-order valence-electron chi connectivity index (χ1n) is 6.79. The first-order chi connectivity index (χ1) is 11.2. The van der Waals surface area contributed by atoms with Gasteiger partial charge in [0.2, 0.25) is 11.1 Å². The second kappa shape index (κ2) is 7.18. The van der Waals surface area contributed by atoms with E-state index in [-0.39, 0.29) is 10.6 Å². The first kappa shape index (κ1) is 16.1. The minimum Gasteiger partial charge on any atom is -0.504 e. The number of pyridine rings is 1. The van der Waals surface area contributed by atoms with Crippen LogP contribution in [0.15, 0.2) is 64.1 Å². The zero-order valence-electron chi connectivity index (χ0n) is 11.9. The molecule has 0 radical (unpaired) electrons. The molecule has 0 saturated heterocycles. The summed E-state index contributed by atoms with van der Waals surface area (Å²) >= 11 is 1.53. The molecule has 23 heavy (non-hydrogen) atoms. The summed E-state index contributed by atoms with van der Waals surface area (Å²) in [4.78, 5) is 4.28. The molecule has 7 heteroatoms. The number of aromatic nitrogens is 1. The minimum absolute atomic E-state index is 0.149. The van der Waals surface area contributed by atoms with Crippen LogP contribution in [-0.2, 0) is 21.9 Å². The van der Waals surface area contributed by atoms with Crippen LogP contribution in [0.25, 0.3) is 10.9 Å². The molecule has 118 valence electrons. The van der Waals surface area contributed by atoms with Crippen molar-refractivity contribution >= 4 is 37.9 Å². The molecule has 0 aliphatic rings. The molecule has 0 spiro atoms. The maximum atomic E-state index is 12.3. The molecular weight excluding hydrogens is 380 g/mol. The van der Waals surface area contributed by atoms with Crippen molar-refractivity contribution in [2.24, 2.45) is 0 Å². The predicted octanol–water partition coefficient (Wildman–Crippen LogP) is 3.45. The summed E-state index contributed by atoms with van der Waals surface area (Å²) in [6.07, 6.45) is 1.57. The van der Waals surface area contributed by atoms with Gasteiger partial charge < -0.3 is 5.11 Å². The van der Waals surface area contributed by atoms with Crippen molar-refractivity contribution in [3.05, 3.63) is 64.8 Å². The number of nitrogens with zero attached hydrogens (tertiary/aromatic N) is 1. The summed E-state index contributed by atoms with van der Waals surface area (Å²) in [5.74, 6) is -0.149. The lowest BCUT2D eigenvalue weighted by Crippen LogP contribution is -2.16. The Hall–Kier alpha value is -1.80. The molecule has 3 aromatic rings. The van der Waals surface area contributed by atoms with Crippen LogP contribution in [0.3, 0.4) is 0 Å². The molecule has 5 nitrogen and oxygen atoms in total. The molecule has 1 aromatic heterocycles. The summed E-state index contributed by atoms with van der Waals surface area (Å²) in [7, 11) is 0. The number of hydrogen-bond acceptors (Lipinski definition) is 5. The van der Waals surface area contributed by atoms with E-state index in [4.69, 9.17) is 4.28 Å². The van der Waals surface area contributed by atoms with Crippen LogP contribution in [0.5, 0.6) is 5.75 Å². The van der Waals surface area contributed by atoms with Crippen molar-refractivity contribution in [2.45, 2.75) is 11.4 Å². The monoisotopic (exact) mass is 392 g/mol. The second-order valence-electron chi connectivity index (χ2n) is 4.73. The van der Waals surface area contributed by atoms with Gasteiger partial charge in [-0.2, -0.15) is 9.76 Å². The molecule has 1 heterocycles. The Bertz CT molecular complexity index is 859. The van der Waals surface area contributed by atoms with Crippen molar-refractivity contribution < 1.29 is 13.6 Å². The molecule has 0 amide bonds. The Balaban J connectivity index is 1.77. The van der Waals surface area contributed by atoms with Gasteiger partial charge in [0.15, 0.2) is 5.75 Å². The van der Waals surface area contributed by atoms with Crippen LogP contribution >= 0.6 is 15.9 Å². The fourth-order valence-corrected chi connectivity index (χ4v) is 3.52. The van der Waals surface area contributed by atoms with Crippen molar-refractivity contribution in [3.8, 4) is 5.75 Å². The normalized spacial score (nSPS) is 12.4. The zero-order chi connectivity index (χ0) is 16.2. The van der Waals surface area contributed by atoms with E-state index < -0.39 is 11.1 Å². The van der Waals surface area contributed by atoms with E-state index in [2.05, 4.69) is 26.4 Å². The standard InChI is InChI=1S/C16H13BrN2O3S/c17-13-9-14(16(20)15-12(13)7-4-8-18-15)23(21)22-19-10-11-5-2-1-3-6-11/h1-9,19-20H,10H2. The number of phenolic OH excluding ortho intramolecular Hbond substituents is 1. The Labute approximate surface area is 144 Å². The van der Waals surface area contributed by atoms with Crippen LogP contribution in [-0.4, -0.2) is 14.3 Å². The summed E-state index contributed by atoms with van der Waals surface area (Å²) in [5, 5.41) is 11.0. The summed E-state index contributed by atoms with van der Waals surface area (Å²) in [6.45, 7) is 0.403. The van der Waals surface area contributed by atoms with E-state index in [9.17, 15) is 9.32 Å². The van der Waals surface area contributed by atoms with Crippen molar-refractivity contribution in [1.82, 2.24) is 10.5 Å². The van der Waals surface area contributed by atoms with Gasteiger partial charge in [0, 0.05) is 22.6 Å². The van der Waals surface area contributed by atoms with Gasteiger partial charge in [0.1, 0.15) is 10.4 Å². The van der Waals surface area contributed by atoms with E-state index in [1.165, 1.54) is 0 Å². The van der Waals surface area contributed by atoms with E-state index in [0.717, 1.165) is 10.9 Å². The lowest BCUT2D eigenvalue weighted by atomic mass is 10.2. The van der Waals surface area contributed by atoms with E-state index in [1.54, 1.807) is 18.3 Å². The van der Waals surface area contributed by atoms with Crippen molar-refractivity contribution in [3.63, 3.8) is 0 Å². The average Bonchev–Trinajstić information content (AvgIpc) is 2.59. The Morgan fingerprint density at radius 3 is 2.78 bits per heavy atom. The van der Waals surface area contributed by atoms with Crippen LogP contribution in [0.1, 0.15) is 5.56 Å². The topological polar surface area (TPSA) is 71.5 Å². The summed E-state index contributed by atoms with van der Waals surface area (Å²) in [6, 6.07) is 14.7. The van der Waals surface area contributed by atoms with Crippen molar-refractivity contribution in [1.29, 1.82) is 0 Å². The Kier molecular flexibility index (Phi) is 5.02. The number of aromatic hydroxyl groups is 1. The largest absolute Gasteiger partial charge is 0.504 e. The molecule has 1 unspecified atom stereocenters. The molecule has 1 atom stereocenters. The molecular formula is C16H13BrN2O3S. The molecule has 0 saturated carbocycles. The third kappa shape index (κ3) is 3.59. The zero-order valence-corrected chi connectivity index (χ0v) is 14.3. The number of nitrogens with one attached hydrogen (secondary N) is 1. The summed E-state index contributed by atoms with van der Waals surface area (Å²) < 4.78 is 18.1. The van der Waals surface area contributed by atoms with Gasteiger partial charge in [-0.05, 0) is 17.7 Å². The average molecular weight is 393 g/mol. The Morgan fingerprint density at radius 1 is 1.22 bits per heavy atom. The number of benzene rings is 2. The molecule has 0 aliphatic carbocycles. The number of phenols is 1. The number of hydroxylamine groups is 1. The van der Waals surface area contributed by atoms with Gasteiger partial charge in [-0.3, -0.25) is 4.98 Å².